The van der Waals surface area contributed by atoms with Gasteiger partial charge >= 0.3 is 0 Å². The van der Waals surface area contributed by atoms with Crippen LogP contribution in [0.1, 0.15) is 30.5 Å². The molecule has 0 N–H and O–H groups in total. The van der Waals surface area contributed by atoms with Crippen molar-refractivity contribution in [1.29, 1.82) is 0 Å². The molecule has 0 aliphatic heterocycles. The molecule has 0 amide bonds. The van der Waals surface area contributed by atoms with E-state index in [0.29, 0.717) is 5.92 Å². The van der Waals surface area contributed by atoms with E-state index in [1.807, 2.05) is 56.3 Å². The Labute approximate surface area is 370 Å². The molecule has 1 radical (unpaired) electrons. The van der Waals surface area contributed by atoms with E-state index >= 15 is 0 Å². The number of benzene rings is 7. The molecule has 10 aromatic rings. The summed E-state index contributed by atoms with van der Waals surface area (Å²) >= 11 is 1.78. The standard InChI is InChI=1S/C35H22FN2S.C18H24NSi.Ir/c1-20-16-24(36)17-21(2)33(20)38-31-13-6-5-12-30(31)37-35(38)27-11-7-10-26-29-19-28-23(18-32(29)39-34(26)27)15-14-22-8-3-4-9-25(22)28;1-14(2)11-16-12-17(15-9-7-6-8-10-15)19-13-18(16)20(3,4)5;/h3-10,12-19H,1-2H3;6-9,12-14H,11H2,1-5H3;/q2*-1;. The van der Waals surface area contributed by atoms with Gasteiger partial charge in [0.2, 0.25) is 0 Å². The maximum absolute atomic E-state index is 14.3. The second-order valence-electron chi connectivity index (χ2n) is 17.1. The molecule has 0 atom stereocenters. The summed E-state index contributed by atoms with van der Waals surface area (Å²) in [5, 5.41) is 8.95. The molecular weight excluding hydrogens is 950 g/mol. The van der Waals surface area contributed by atoms with E-state index in [9.17, 15) is 4.39 Å². The van der Waals surface area contributed by atoms with E-state index in [-0.39, 0.29) is 25.9 Å². The topological polar surface area (TPSA) is 30.7 Å². The minimum Gasteiger partial charge on any atom is -0.333 e. The van der Waals surface area contributed by atoms with Gasteiger partial charge in [0.25, 0.3) is 0 Å². The van der Waals surface area contributed by atoms with Crippen LogP contribution >= 0.6 is 11.3 Å². The minimum atomic E-state index is -1.34. The number of para-hydroxylation sites is 2. The van der Waals surface area contributed by atoms with Crippen LogP contribution in [-0.2, 0) is 26.5 Å². The average molecular weight is 996 g/mol. The summed E-state index contributed by atoms with van der Waals surface area (Å²) < 4.78 is 18.9. The van der Waals surface area contributed by atoms with E-state index < -0.39 is 8.07 Å². The predicted molar refractivity (Wildman–Crippen MR) is 253 cm³/mol. The molecule has 10 rings (SSSR count). The van der Waals surface area contributed by atoms with Crippen LogP contribution in [0.15, 0.2) is 134 Å². The summed E-state index contributed by atoms with van der Waals surface area (Å²) in [7, 11) is -1.34. The number of rotatable bonds is 6. The van der Waals surface area contributed by atoms with Crippen LogP contribution in [0.5, 0.6) is 0 Å². The molecule has 0 fully saturated rings. The molecule has 0 saturated heterocycles. The van der Waals surface area contributed by atoms with Crippen LogP contribution in [0, 0.1) is 37.7 Å². The monoisotopic (exact) mass is 996 g/mol. The zero-order valence-corrected chi connectivity index (χ0v) is 39.2. The van der Waals surface area contributed by atoms with Gasteiger partial charge in [-0.3, -0.25) is 4.98 Å². The van der Waals surface area contributed by atoms with E-state index in [1.165, 1.54) is 47.8 Å². The number of pyridine rings is 1. The second kappa shape index (κ2) is 16.6. The quantitative estimate of drug-likeness (QED) is 0.0944. The van der Waals surface area contributed by atoms with Gasteiger partial charge in [-0.05, 0) is 116 Å². The number of nitrogens with zero attached hydrogens (tertiary/aromatic N) is 3. The summed E-state index contributed by atoms with van der Waals surface area (Å²) in [5.74, 6) is 1.26. The fraction of sp³-hybridized carbons (Fsp3) is 0.170. The number of hydrogen-bond acceptors (Lipinski definition) is 3. The Morgan fingerprint density at radius 2 is 1.47 bits per heavy atom. The molecule has 3 heterocycles. The molecule has 7 aromatic carbocycles. The Bertz CT molecular complexity index is 3170. The van der Waals surface area contributed by atoms with E-state index in [4.69, 9.17) is 4.98 Å². The Morgan fingerprint density at radius 3 is 2.22 bits per heavy atom. The summed E-state index contributed by atoms with van der Waals surface area (Å²) in [6.07, 6.45) is 3.24. The molecule has 0 unspecified atom stereocenters. The number of hydrogen-bond donors (Lipinski definition) is 0. The Morgan fingerprint density at radius 1 is 0.733 bits per heavy atom. The molecule has 3 aromatic heterocycles. The van der Waals surface area contributed by atoms with Crippen molar-refractivity contribution in [3.05, 3.63) is 168 Å². The van der Waals surface area contributed by atoms with Gasteiger partial charge in [0.15, 0.2) is 0 Å². The van der Waals surface area contributed by atoms with Gasteiger partial charge in [-0.15, -0.1) is 54.1 Å². The first-order valence-corrected chi connectivity index (χ1v) is 24.7. The first kappa shape index (κ1) is 41.4. The largest absolute Gasteiger partial charge is 0.333 e. The second-order valence-corrected chi connectivity index (χ2v) is 23.1. The minimum absolute atomic E-state index is 0. The van der Waals surface area contributed by atoms with Crippen molar-refractivity contribution >= 4 is 77.3 Å². The molecule has 60 heavy (non-hydrogen) atoms. The van der Waals surface area contributed by atoms with Gasteiger partial charge in [0, 0.05) is 36.7 Å². The van der Waals surface area contributed by atoms with Crippen molar-refractivity contribution in [2.24, 2.45) is 5.92 Å². The zero-order chi connectivity index (χ0) is 41.0. The van der Waals surface area contributed by atoms with Gasteiger partial charge in [0.1, 0.15) is 5.82 Å². The van der Waals surface area contributed by atoms with Gasteiger partial charge < -0.3 is 9.55 Å². The van der Waals surface area contributed by atoms with Crippen LogP contribution in [0.3, 0.4) is 0 Å². The fourth-order valence-electron chi connectivity index (χ4n) is 8.56. The summed E-state index contributed by atoms with van der Waals surface area (Å²) in [5.41, 5.74) is 9.17. The molecular formula is C53H46FIrN3SSi-2. The third-order valence-electron chi connectivity index (χ3n) is 11.2. The number of thiophene rings is 1. The van der Waals surface area contributed by atoms with Gasteiger partial charge in [-0.1, -0.05) is 105 Å². The maximum atomic E-state index is 14.3. The molecule has 0 bridgehead atoms. The van der Waals surface area contributed by atoms with E-state index in [1.54, 1.807) is 23.5 Å². The summed E-state index contributed by atoms with van der Waals surface area (Å²) in [4.78, 5) is 9.81. The van der Waals surface area contributed by atoms with Gasteiger partial charge in [-0.2, -0.15) is 11.3 Å². The van der Waals surface area contributed by atoms with Crippen molar-refractivity contribution < 1.29 is 24.5 Å². The van der Waals surface area contributed by atoms with Crippen LogP contribution in [0.25, 0.3) is 81.1 Å². The number of fused-ring (bicyclic) bond motifs is 7. The number of aromatic nitrogens is 3. The molecule has 7 heteroatoms. The van der Waals surface area contributed by atoms with Crippen molar-refractivity contribution in [2.75, 3.05) is 0 Å². The Balaban J connectivity index is 0.000000202. The molecule has 3 nitrogen and oxygen atoms in total. The Hall–Kier alpha value is -5.30. The molecule has 0 saturated carbocycles. The molecule has 0 aliphatic carbocycles. The van der Waals surface area contributed by atoms with Gasteiger partial charge in [0.05, 0.1) is 24.9 Å². The predicted octanol–water partition coefficient (Wildman–Crippen LogP) is 14.2. The first-order valence-electron chi connectivity index (χ1n) is 20.3. The average Bonchev–Trinajstić information content (AvgIpc) is 3.78. The molecule has 301 valence electrons. The number of imidazole rings is 1. The maximum Gasteiger partial charge on any atom is 0.123 e. The normalized spacial score (nSPS) is 11.8. The smallest absolute Gasteiger partial charge is 0.123 e. The summed E-state index contributed by atoms with van der Waals surface area (Å²) in [6.45, 7) is 15.7. The summed E-state index contributed by atoms with van der Waals surface area (Å²) in [6, 6.07) is 50.3. The van der Waals surface area contributed by atoms with Crippen molar-refractivity contribution in [3.8, 4) is 28.3 Å². The van der Waals surface area contributed by atoms with E-state index in [0.717, 1.165) is 61.6 Å². The third-order valence-corrected chi connectivity index (χ3v) is 14.4. The van der Waals surface area contributed by atoms with Crippen molar-refractivity contribution in [2.45, 2.75) is 53.8 Å². The van der Waals surface area contributed by atoms with Crippen LogP contribution in [0.2, 0.25) is 19.6 Å². The third kappa shape index (κ3) is 7.76. The van der Waals surface area contributed by atoms with E-state index in [2.05, 4.69) is 134 Å². The molecule has 0 spiro atoms. The SMILES string of the molecule is CC(C)Cc1cc(-c2[c-]cccc2)ncc1[Si](C)(C)C.Cc1cc(F)cc(C)c1-n1c(-c2[c-]ccc3c2sc2cc4ccc5ccccc5c4cc23)nc2ccccc21.[Ir]. The van der Waals surface area contributed by atoms with Crippen molar-refractivity contribution in [1.82, 2.24) is 14.5 Å². The number of aryl methyl sites for hydroxylation is 2. The van der Waals surface area contributed by atoms with Crippen LogP contribution < -0.4 is 5.19 Å². The first-order chi connectivity index (χ1) is 28.4. The van der Waals surface area contributed by atoms with Gasteiger partial charge in [-0.25, -0.2) is 4.39 Å². The van der Waals surface area contributed by atoms with Crippen molar-refractivity contribution in [3.63, 3.8) is 0 Å². The fourth-order valence-corrected chi connectivity index (χ4v) is 11.4. The van der Waals surface area contributed by atoms with Crippen LogP contribution in [0.4, 0.5) is 4.39 Å². The van der Waals surface area contributed by atoms with Crippen LogP contribution in [-0.4, -0.2) is 22.6 Å². The zero-order valence-electron chi connectivity index (χ0n) is 34.9. The molecule has 0 aliphatic rings. The number of halogens is 1. The Kier molecular flexibility index (Phi) is 11.5.